The van der Waals surface area contributed by atoms with Crippen molar-refractivity contribution in [2.75, 3.05) is 5.32 Å². The van der Waals surface area contributed by atoms with Crippen molar-refractivity contribution in [2.45, 2.75) is 46.2 Å². The van der Waals surface area contributed by atoms with E-state index in [0.29, 0.717) is 0 Å². The number of hydrogen-bond donors (Lipinski definition) is 1. The van der Waals surface area contributed by atoms with Crippen molar-refractivity contribution in [2.24, 2.45) is 0 Å². The quantitative estimate of drug-likeness (QED) is 0.909. The number of halogens is 1. The molecule has 1 atom stereocenters. The lowest BCUT2D eigenvalue weighted by atomic mass is 10.1. The number of pyridine rings is 1. The Bertz CT molecular complexity index is 581. The molecule has 0 aliphatic rings. The monoisotopic (exact) mass is 336 g/mol. The van der Waals surface area contributed by atoms with Gasteiger partial charge in [0.15, 0.2) is 0 Å². The zero-order chi connectivity index (χ0) is 14.9. The van der Waals surface area contributed by atoms with Gasteiger partial charge in [-0.2, -0.15) is 5.10 Å². The van der Waals surface area contributed by atoms with Crippen LogP contribution in [0.15, 0.2) is 29.0 Å². The van der Waals surface area contributed by atoms with Gasteiger partial charge < -0.3 is 5.32 Å². The van der Waals surface area contributed by atoms with Gasteiger partial charge in [-0.05, 0) is 62.7 Å². The molecule has 2 rings (SSSR count). The molecule has 2 heterocycles. The SMILES string of the molecule is Cc1nn(C(C)(C)C)cc1C(C)Nc1ccc(Br)cn1. The number of aromatic nitrogens is 3. The van der Waals surface area contributed by atoms with Crippen molar-refractivity contribution in [1.29, 1.82) is 0 Å². The summed E-state index contributed by atoms with van der Waals surface area (Å²) in [6.45, 7) is 10.6. The third-order valence-electron chi connectivity index (χ3n) is 3.18. The Kier molecular flexibility index (Phi) is 4.18. The third kappa shape index (κ3) is 3.39. The Balaban J connectivity index is 2.19. The Morgan fingerprint density at radius 2 is 2.00 bits per heavy atom. The van der Waals surface area contributed by atoms with Crippen molar-refractivity contribution in [1.82, 2.24) is 14.8 Å². The van der Waals surface area contributed by atoms with E-state index >= 15 is 0 Å². The number of rotatable bonds is 3. The van der Waals surface area contributed by atoms with Gasteiger partial charge in [-0.15, -0.1) is 0 Å². The van der Waals surface area contributed by atoms with Crippen LogP contribution in [0.4, 0.5) is 5.82 Å². The second-order valence-corrected chi connectivity index (χ2v) is 6.93. The van der Waals surface area contributed by atoms with Crippen molar-refractivity contribution < 1.29 is 0 Å². The smallest absolute Gasteiger partial charge is 0.126 e. The summed E-state index contributed by atoms with van der Waals surface area (Å²) in [4.78, 5) is 4.34. The van der Waals surface area contributed by atoms with Gasteiger partial charge in [-0.25, -0.2) is 4.98 Å². The highest BCUT2D eigenvalue weighted by Crippen LogP contribution is 2.24. The van der Waals surface area contributed by atoms with Crippen molar-refractivity contribution in [3.63, 3.8) is 0 Å². The number of aryl methyl sites for hydroxylation is 1. The molecule has 1 unspecified atom stereocenters. The minimum absolute atomic E-state index is 0.00140. The van der Waals surface area contributed by atoms with Crippen LogP contribution in [0.25, 0.3) is 0 Å². The third-order valence-corrected chi connectivity index (χ3v) is 3.65. The minimum atomic E-state index is -0.00140. The summed E-state index contributed by atoms with van der Waals surface area (Å²) in [5.41, 5.74) is 2.25. The fourth-order valence-electron chi connectivity index (χ4n) is 2.00. The van der Waals surface area contributed by atoms with Crippen LogP contribution in [0.5, 0.6) is 0 Å². The predicted octanol–water partition coefficient (Wildman–Crippen LogP) is 4.28. The summed E-state index contributed by atoms with van der Waals surface area (Å²) in [7, 11) is 0. The molecule has 0 radical (unpaired) electrons. The van der Waals surface area contributed by atoms with Gasteiger partial charge in [-0.1, -0.05) is 0 Å². The van der Waals surface area contributed by atoms with Crippen LogP contribution in [-0.2, 0) is 5.54 Å². The van der Waals surface area contributed by atoms with E-state index in [4.69, 9.17) is 0 Å². The molecule has 0 amide bonds. The maximum Gasteiger partial charge on any atom is 0.126 e. The second-order valence-electron chi connectivity index (χ2n) is 6.01. The van der Waals surface area contributed by atoms with Crippen LogP contribution in [-0.4, -0.2) is 14.8 Å². The molecule has 0 aromatic carbocycles. The number of nitrogens with zero attached hydrogens (tertiary/aromatic N) is 3. The van der Waals surface area contributed by atoms with E-state index in [1.54, 1.807) is 6.20 Å². The lowest BCUT2D eigenvalue weighted by Crippen LogP contribution is -2.22. The lowest BCUT2D eigenvalue weighted by Gasteiger charge is -2.19. The normalized spacial score (nSPS) is 13.3. The summed E-state index contributed by atoms with van der Waals surface area (Å²) < 4.78 is 3.00. The molecule has 0 saturated heterocycles. The van der Waals surface area contributed by atoms with E-state index in [0.717, 1.165) is 16.0 Å². The highest BCUT2D eigenvalue weighted by Gasteiger charge is 2.19. The average molecular weight is 337 g/mol. The van der Waals surface area contributed by atoms with Crippen molar-refractivity contribution in [3.8, 4) is 0 Å². The van der Waals surface area contributed by atoms with E-state index in [9.17, 15) is 0 Å². The Labute approximate surface area is 128 Å². The van der Waals surface area contributed by atoms with E-state index in [2.05, 4.69) is 65.2 Å². The fraction of sp³-hybridized carbons (Fsp3) is 0.467. The second kappa shape index (κ2) is 5.56. The Hall–Kier alpha value is -1.36. The molecule has 108 valence electrons. The molecule has 0 aliphatic heterocycles. The molecule has 0 bridgehead atoms. The number of anilines is 1. The lowest BCUT2D eigenvalue weighted by molar-refractivity contribution is 0.354. The Morgan fingerprint density at radius 3 is 2.50 bits per heavy atom. The first kappa shape index (κ1) is 15.0. The van der Waals surface area contributed by atoms with E-state index in [-0.39, 0.29) is 11.6 Å². The van der Waals surface area contributed by atoms with E-state index in [1.807, 2.05) is 23.7 Å². The summed E-state index contributed by atoms with van der Waals surface area (Å²) in [5.74, 6) is 0.864. The van der Waals surface area contributed by atoms with E-state index in [1.165, 1.54) is 5.56 Å². The van der Waals surface area contributed by atoms with Crippen LogP contribution >= 0.6 is 15.9 Å². The van der Waals surface area contributed by atoms with Crippen LogP contribution in [0.3, 0.4) is 0 Å². The number of nitrogens with one attached hydrogen (secondary N) is 1. The van der Waals surface area contributed by atoms with Crippen LogP contribution in [0, 0.1) is 6.92 Å². The molecular formula is C15H21BrN4. The maximum atomic E-state index is 4.61. The standard InChI is InChI=1S/C15H21BrN4/c1-10(18-14-7-6-12(16)8-17-14)13-9-20(15(3,4)5)19-11(13)2/h6-10H,1-5H3,(H,17,18). The molecule has 2 aromatic rings. The van der Waals surface area contributed by atoms with Gasteiger partial charge in [-0.3, -0.25) is 4.68 Å². The number of hydrogen-bond acceptors (Lipinski definition) is 3. The molecule has 20 heavy (non-hydrogen) atoms. The van der Waals surface area contributed by atoms with Gasteiger partial charge in [0.25, 0.3) is 0 Å². The molecule has 1 N–H and O–H groups in total. The average Bonchev–Trinajstić information content (AvgIpc) is 2.74. The summed E-state index contributed by atoms with van der Waals surface area (Å²) in [6.07, 6.45) is 3.91. The topological polar surface area (TPSA) is 42.7 Å². The summed E-state index contributed by atoms with van der Waals surface area (Å²) in [6, 6.07) is 4.11. The van der Waals surface area contributed by atoms with E-state index < -0.39 is 0 Å². The highest BCUT2D eigenvalue weighted by molar-refractivity contribution is 9.10. The first-order chi connectivity index (χ1) is 9.27. The van der Waals surface area contributed by atoms with Crippen molar-refractivity contribution >= 4 is 21.7 Å². The first-order valence-electron chi connectivity index (χ1n) is 6.72. The highest BCUT2D eigenvalue weighted by atomic mass is 79.9. The molecule has 0 spiro atoms. The Morgan fingerprint density at radius 1 is 1.30 bits per heavy atom. The van der Waals surface area contributed by atoms with Gasteiger partial charge in [0.2, 0.25) is 0 Å². The largest absolute Gasteiger partial charge is 0.363 e. The van der Waals surface area contributed by atoms with Gasteiger partial charge >= 0.3 is 0 Å². The van der Waals surface area contributed by atoms with Crippen LogP contribution in [0.1, 0.15) is 45.0 Å². The molecule has 0 saturated carbocycles. The molecule has 2 aromatic heterocycles. The van der Waals surface area contributed by atoms with Crippen molar-refractivity contribution in [3.05, 3.63) is 40.3 Å². The fourth-order valence-corrected chi connectivity index (χ4v) is 2.24. The molecule has 4 nitrogen and oxygen atoms in total. The summed E-state index contributed by atoms with van der Waals surface area (Å²) >= 11 is 3.39. The molecule has 5 heteroatoms. The van der Waals surface area contributed by atoms with Crippen LogP contribution in [0.2, 0.25) is 0 Å². The van der Waals surface area contributed by atoms with Crippen LogP contribution < -0.4 is 5.32 Å². The zero-order valence-electron chi connectivity index (χ0n) is 12.6. The van der Waals surface area contributed by atoms with Gasteiger partial charge in [0.05, 0.1) is 17.3 Å². The molecular weight excluding hydrogens is 316 g/mol. The molecule has 0 aliphatic carbocycles. The first-order valence-corrected chi connectivity index (χ1v) is 7.51. The molecule has 0 fully saturated rings. The minimum Gasteiger partial charge on any atom is -0.363 e. The zero-order valence-corrected chi connectivity index (χ0v) is 14.2. The van der Waals surface area contributed by atoms with Gasteiger partial charge in [0, 0.05) is 22.4 Å². The predicted molar refractivity (Wildman–Crippen MR) is 85.9 cm³/mol. The van der Waals surface area contributed by atoms with Gasteiger partial charge in [0.1, 0.15) is 5.82 Å². The summed E-state index contributed by atoms with van der Waals surface area (Å²) in [5, 5.41) is 8.01. The maximum absolute atomic E-state index is 4.61.